The van der Waals surface area contributed by atoms with Crippen molar-refractivity contribution in [3.63, 3.8) is 0 Å². The molecule has 1 aromatic carbocycles. The molecular weight excluding hydrogens is 464 g/mol. The second kappa shape index (κ2) is 9.88. The summed E-state index contributed by atoms with van der Waals surface area (Å²) in [5.74, 6) is -0.111. The van der Waals surface area contributed by atoms with Crippen molar-refractivity contribution in [2.75, 3.05) is 39.3 Å². The number of hydrogen-bond acceptors (Lipinski definition) is 6. The van der Waals surface area contributed by atoms with Crippen LogP contribution in [0, 0.1) is 0 Å². The zero-order valence-corrected chi connectivity index (χ0v) is 20.0. The fourth-order valence-corrected chi connectivity index (χ4v) is 7.05. The topological polar surface area (TPSA) is 108 Å². The molecule has 0 N–H and O–H groups in total. The van der Waals surface area contributed by atoms with Gasteiger partial charge >= 0.3 is 0 Å². The second-order valence-corrected chi connectivity index (χ2v) is 12.1. The Bertz CT molecular complexity index is 1170. The lowest BCUT2D eigenvalue weighted by molar-refractivity contribution is -0.131. The Morgan fingerprint density at radius 1 is 0.758 bits per heavy atom. The maximum absolute atomic E-state index is 12.8. The average Bonchev–Trinajstić information content (AvgIpc) is 2.85. The third-order valence-electron chi connectivity index (χ3n) is 6.10. The molecule has 0 saturated carbocycles. The van der Waals surface area contributed by atoms with Crippen LogP contribution in [0.3, 0.4) is 0 Å². The van der Waals surface area contributed by atoms with Crippen LogP contribution in [0.2, 0.25) is 0 Å². The Hall–Kier alpha value is -2.34. The minimum Gasteiger partial charge on any atom is -0.340 e. The molecule has 0 unspecified atom stereocenters. The number of amides is 1. The van der Waals surface area contributed by atoms with Gasteiger partial charge in [-0.3, -0.25) is 9.78 Å². The molecule has 0 radical (unpaired) electrons. The SMILES string of the molecule is O=C(Cc1ccc(S(=O)(=O)N2CCCCC2)cc1)N1CCN(S(=O)(=O)c2cccnc2)CC1. The van der Waals surface area contributed by atoms with E-state index in [0.29, 0.717) is 26.2 Å². The van der Waals surface area contributed by atoms with E-state index in [4.69, 9.17) is 0 Å². The van der Waals surface area contributed by atoms with Gasteiger partial charge in [0, 0.05) is 51.7 Å². The van der Waals surface area contributed by atoms with Crippen LogP contribution in [0.4, 0.5) is 0 Å². The number of aromatic nitrogens is 1. The predicted molar refractivity (Wildman–Crippen MR) is 122 cm³/mol. The van der Waals surface area contributed by atoms with Crippen molar-refractivity contribution in [2.45, 2.75) is 35.5 Å². The molecule has 0 spiro atoms. The number of nitrogens with zero attached hydrogens (tertiary/aromatic N) is 4. The van der Waals surface area contributed by atoms with E-state index >= 15 is 0 Å². The highest BCUT2D eigenvalue weighted by Gasteiger charge is 2.30. The van der Waals surface area contributed by atoms with Crippen LogP contribution in [0.25, 0.3) is 0 Å². The summed E-state index contributed by atoms with van der Waals surface area (Å²) in [6.07, 6.45) is 5.79. The molecule has 4 rings (SSSR count). The average molecular weight is 493 g/mol. The van der Waals surface area contributed by atoms with Crippen LogP contribution >= 0.6 is 0 Å². The summed E-state index contributed by atoms with van der Waals surface area (Å²) in [6, 6.07) is 9.57. The van der Waals surface area contributed by atoms with E-state index in [0.717, 1.165) is 24.8 Å². The summed E-state index contributed by atoms with van der Waals surface area (Å²) in [7, 11) is -7.13. The molecule has 9 nitrogen and oxygen atoms in total. The summed E-state index contributed by atoms with van der Waals surface area (Å²) in [5.41, 5.74) is 0.725. The van der Waals surface area contributed by atoms with Gasteiger partial charge in [-0.25, -0.2) is 16.8 Å². The fourth-order valence-electron chi connectivity index (χ4n) is 4.15. The normalized spacial score (nSPS) is 18.8. The first-order valence-electron chi connectivity index (χ1n) is 11.1. The minimum absolute atomic E-state index is 0.111. The first-order valence-corrected chi connectivity index (χ1v) is 13.9. The number of piperazine rings is 1. The molecule has 2 aliphatic heterocycles. The Balaban J connectivity index is 1.34. The molecule has 2 aliphatic rings. The molecular formula is C22H28N4O5S2. The van der Waals surface area contributed by atoms with Gasteiger partial charge in [-0.15, -0.1) is 0 Å². The Morgan fingerprint density at radius 2 is 1.36 bits per heavy atom. The molecule has 2 fully saturated rings. The second-order valence-electron chi connectivity index (χ2n) is 8.26. The van der Waals surface area contributed by atoms with Crippen LogP contribution in [-0.4, -0.2) is 80.5 Å². The van der Waals surface area contributed by atoms with Gasteiger partial charge in [0.15, 0.2) is 0 Å². The molecule has 0 atom stereocenters. The van der Waals surface area contributed by atoms with Crippen molar-refractivity contribution >= 4 is 26.0 Å². The van der Waals surface area contributed by atoms with Crippen molar-refractivity contribution in [1.82, 2.24) is 18.5 Å². The molecule has 0 aliphatic carbocycles. The van der Waals surface area contributed by atoms with E-state index in [9.17, 15) is 21.6 Å². The summed E-state index contributed by atoms with van der Waals surface area (Å²) < 4.78 is 53.9. The van der Waals surface area contributed by atoms with Crippen LogP contribution < -0.4 is 0 Å². The summed E-state index contributed by atoms with van der Waals surface area (Å²) in [4.78, 5) is 18.7. The zero-order chi connectivity index (χ0) is 23.5. The number of carbonyl (C=O) groups excluding carboxylic acids is 1. The zero-order valence-electron chi connectivity index (χ0n) is 18.3. The lowest BCUT2D eigenvalue weighted by Gasteiger charge is -2.34. The van der Waals surface area contributed by atoms with Crippen LogP contribution in [0.1, 0.15) is 24.8 Å². The number of benzene rings is 1. The molecule has 178 valence electrons. The Kier molecular flexibility index (Phi) is 7.13. The Labute approximate surface area is 195 Å². The lowest BCUT2D eigenvalue weighted by atomic mass is 10.1. The number of piperidine rings is 1. The van der Waals surface area contributed by atoms with Gasteiger partial charge in [0.1, 0.15) is 4.90 Å². The van der Waals surface area contributed by atoms with Crippen molar-refractivity contribution < 1.29 is 21.6 Å². The number of rotatable bonds is 6. The molecule has 0 bridgehead atoms. The maximum Gasteiger partial charge on any atom is 0.244 e. The Morgan fingerprint density at radius 3 is 1.97 bits per heavy atom. The van der Waals surface area contributed by atoms with E-state index < -0.39 is 20.0 Å². The van der Waals surface area contributed by atoms with Crippen molar-refractivity contribution in [3.8, 4) is 0 Å². The van der Waals surface area contributed by atoms with Gasteiger partial charge in [0.2, 0.25) is 26.0 Å². The van der Waals surface area contributed by atoms with E-state index in [1.54, 1.807) is 35.2 Å². The number of pyridine rings is 1. The fraction of sp³-hybridized carbons (Fsp3) is 0.455. The van der Waals surface area contributed by atoms with Crippen LogP contribution in [-0.2, 0) is 31.3 Å². The maximum atomic E-state index is 12.8. The van der Waals surface area contributed by atoms with E-state index in [-0.39, 0.29) is 35.2 Å². The van der Waals surface area contributed by atoms with E-state index in [2.05, 4.69) is 4.98 Å². The number of sulfonamides is 2. The summed E-state index contributed by atoms with van der Waals surface area (Å²) in [5, 5.41) is 0. The number of carbonyl (C=O) groups is 1. The minimum atomic E-state index is -3.63. The molecule has 2 saturated heterocycles. The molecule has 33 heavy (non-hydrogen) atoms. The largest absolute Gasteiger partial charge is 0.340 e. The standard InChI is InChI=1S/C22H28N4O5S2/c27-22(24-13-15-26(16-14-24)33(30,31)21-5-4-10-23-18-21)17-19-6-8-20(9-7-19)32(28,29)25-11-2-1-3-12-25/h4-10,18H,1-3,11-17H2. The quantitative estimate of drug-likeness (QED) is 0.602. The molecule has 2 aromatic rings. The lowest BCUT2D eigenvalue weighted by Crippen LogP contribution is -2.50. The van der Waals surface area contributed by atoms with Gasteiger partial charge < -0.3 is 4.90 Å². The van der Waals surface area contributed by atoms with Crippen molar-refractivity contribution in [2.24, 2.45) is 0 Å². The number of hydrogen-bond donors (Lipinski definition) is 0. The molecule has 1 aromatic heterocycles. The van der Waals surface area contributed by atoms with Gasteiger partial charge in [0.25, 0.3) is 0 Å². The van der Waals surface area contributed by atoms with Gasteiger partial charge in [-0.05, 0) is 42.7 Å². The molecule has 11 heteroatoms. The first kappa shape index (κ1) is 23.8. The van der Waals surface area contributed by atoms with Gasteiger partial charge in [0.05, 0.1) is 11.3 Å². The molecule has 3 heterocycles. The smallest absolute Gasteiger partial charge is 0.244 e. The van der Waals surface area contributed by atoms with Gasteiger partial charge in [-0.1, -0.05) is 18.6 Å². The summed E-state index contributed by atoms with van der Waals surface area (Å²) in [6.45, 7) is 2.14. The van der Waals surface area contributed by atoms with E-state index in [1.807, 2.05) is 0 Å². The third-order valence-corrected chi connectivity index (χ3v) is 9.89. The predicted octanol–water partition coefficient (Wildman–Crippen LogP) is 1.33. The highest BCUT2D eigenvalue weighted by atomic mass is 32.2. The highest BCUT2D eigenvalue weighted by molar-refractivity contribution is 7.89. The van der Waals surface area contributed by atoms with Crippen LogP contribution in [0.15, 0.2) is 58.6 Å². The van der Waals surface area contributed by atoms with Crippen LogP contribution in [0.5, 0.6) is 0 Å². The monoisotopic (exact) mass is 492 g/mol. The van der Waals surface area contributed by atoms with E-state index in [1.165, 1.54) is 27.1 Å². The highest BCUT2D eigenvalue weighted by Crippen LogP contribution is 2.21. The van der Waals surface area contributed by atoms with Crippen molar-refractivity contribution in [3.05, 3.63) is 54.4 Å². The third kappa shape index (κ3) is 5.26. The molecule has 1 amide bonds. The van der Waals surface area contributed by atoms with Crippen molar-refractivity contribution in [1.29, 1.82) is 0 Å². The van der Waals surface area contributed by atoms with Gasteiger partial charge in [-0.2, -0.15) is 8.61 Å². The summed E-state index contributed by atoms with van der Waals surface area (Å²) >= 11 is 0. The first-order chi connectivity index (χ1) is 15.8.